The Morgan fingerprint density at radius 2 is 1.61 bits per heavy atom. The Kier molecular flexibility index (Phi) is 3.47. The summed E-state index contributed by atoms with van der Waals surface area (Å²) >= 11 is 0. The van der Waals surface area contributed by atoms with Crippen LogP contribution in [0.5, 0.6) is 0 Å². The van der Waals surface area contributed by atoms with E-state index in [1.807, 2.05) is 12.1 Å². The van der Waals surface area contributed by atoms with Gasteiger partial charge in [-0.2, -0.15) is 0 Å². The molecule has 3 aromatic heterocycles. The van der Waals surface area contributed by atoms with Crippen molar-refractivity contribution in [1.29, 1.82) is 0 Å². The largest absolute Gasteiger partial charge is 0.317 e. The van der Waals surface area contributed by atoms with Crippen LogP contribution in [0, 0.1) is 13.5 Å². The van der Waals surface area contributed by atoms with Crippen LogP contribution in [0.2, 0.25) is 0 Å². The molecular weight excluding hydrogens is 402 g/mol. The highest BCUT2D eigenvalue weighted by molar-refractivity contribution is 6.27. The predicted octanol–water partition coefficient (Wildman–Crippen LogP) is 7.34. The third kappa shape index (κ3) is 2.25. The molecule has 0 fully saturated rings. The molecule has 0 aliphatic carbocycles. The number of pyridine rings is 2. The first-order chi connectivity index (χ1) is 16.2. The summed E-state index contributed by atoms with van der Waals surface area (Å²) in [5.74, 6) is 0. The van der Waals surface area contributed by atoms with Gasteiger partial charge in [-0.25, -0.2) is 9.41 Å². The zero-order valence-electron chi connectivity index (χ0n) is 18.4. The van der Waals surface area contributed by atoms with Crippen molar-refractivity contribution in [1.82, 2.24) is 4.40 Å². The number of hydrogen-bond acceptors (Lipinski definition) is 0. The molecular formula is C30H20N3+. The van der Waals surface area contributed by atoms with E-state index in [0.717, 1.165) is 16.4 Å². The Balaban J connectivity index is 1.88. The van der Waals surface area contributed by atoms with E-state index in [9.17, 15) is 0 Å². The molecule has 7 rings (SSSR count). The maximum Gasteiger partial charge on any atom is 0.224 e. The second kappa shape index (κ2) is 6.31. The van der Waals surface area contributed by atoms with Crippen molar-refractivity contribution >= 4 is 54.7 Å². The second-order valence-electron chi connectivity index (χ2n) is 8.88. The van der Waals surface area contributed by atoms with Crippen molar-refractivity contribution in [3.63, 3.8) is 0 Å². The van der Waals surface area contributed by atoms with Crippen molar-refractivity contribution in [2.24, 2.45) is 7.05 Å². The third-order valence-corrected chi connectivity index (χ3v) is 7.06. The van der Waals surface area contributed by atoms with Gasteiger partial charge in [0.2, 0.25) is 11.2 Å². The molecule has 0 radical (unpaired) electrons. The number of fused-ring (bicyclic) bond motifs is 5. The van der Waals surface area contributed by atoms with Gasteiger partial charge in [0, 0.05) is 11.5 Å². The van der Waals surface area contributed by atoms with Crippen LogP contribution in [0.4, 0.5) is 5.69 Å². The van der Waals surface area contributed by atoms with E-state index in [0.29, 0.717) is 5.69 Å². The number of nitrogens with zero attached hydrogens (tertiary/aromatic N) is 3. The smallest absolute Gasteiger partial charge is 0.224 e. The lowest BCUT2D eigenvalue weighted by Gasteiger charge is -2.15. The second-order valence-corrected chi connectivity index (χ2v) is 8.88. The molecule has 0 bridgehead atoms. The Labute approximate surface area is 190 Å². The SMILES string of the molecule is [C-]#[N+]c1cccc2c3ccc(C)c4c3n(c3cc(-c5ccccc5)cc5cc[n+](C)c4c53)c12. The van der Waals surface area contributed by atoms with Crippen LogP contribution in [0.1, 0.15) is 5.56 Å². The quantitative estimate of drug-likeness (QED) is 0.114. The summed E-state index contributed by atoms with van der Waals surface area (Å²) in [6.07, 6.45) is 2.16. The summed E-state index contributed by atoms with van der Waals surface area (Å²) in [6, 6.07) is 27.8. The zero-order valence-corrected chi connectivity index (χ0v) is 18.4. The van der Waals surface area contributed by atoms with E-state index in [1.165, 1.54) is 49.3 Å². The molecule has 0 aliphatic heterocycles. The van der Waals surface area contributed by atoms with Crippen LogP contribution in [0.15, 0.2) is 85.1 Å². The average Bonchev–Trinajstić information content (AvgIpc) is 3.20. The van der Waals surface area contributed by atoms with Gasteiger partial charge >= 0.3 is 0 Å². The lowest BCUT2D eigenvalue weighted by Crippen LogP contribution is -2.28. The van der Waals surface area contributed by atoms with Crippen molar-refractivity contribution < 1.29 is 4.57 Å². The molecule has 0 N–H and O–H groups in total. The summed E-state index contributed by atoms with van der Waals surface area (Å²) < 4.78 is 4.59. The van der Waals surface area contributed by atoms with Crippen molar-refractivity contribution in [3.05, 3.63) is 102 Å². The van der Waals surface area contributed by atoms with Crippen LogP contribution in [0.3, 0.4) is 0 Å². The highest BCUT2D eigenvalue weighted by Crippen LogP contribution is 2.43. The summed E-state index contributed by atoms with van der Waals surface area (Å²) in [7, 11) is 2.13. The van der Waals surface area contributed by atoms with Crippen molar-refractivity contribution in [3.8, 4) is 11.1 Å². The van der Waals surface area contributed by atoms with E-state index < -0.39 is 0 Å². The Morgan fingerprint density at radius 1 is 0.788 bits per heavy atom. The van der Waals surface area contributed by atoms with E-state index in [-0.39, 0.29) is 0 Å². The fraction of sp³-hybridized carbons (Fsp3) is 0.0667. The molecule has 33 heavy (non-hydrogen) atoms. The van der Waals surface area contributed by atoms with Crippen LogP contribution in [-0.2, 0) is 7.05 Å². The zero-order chi connectivity index (χ0) is 22.3. The van der Waals surface area contributed by atoms with E-state index in [4.69, 9.17) is 6.57 Å². The maximum atomic E-state index is 7.89. The van der Waals surface area contributed by atoms with Gasteiger partial charge in [-0.3, -0.25) is 0 Å². The Bertz CT molecular complexity index is 1940. The number of benzene rings is 4. The minimum atomic E-state index is 0.689. The average molecular weight is 423 g/mol. The number of hydrogen-bond donors (Lipinski definition) is 0. The van der Waals surface area contributed by atoms with Gasteiger partial charge in [0.05, 0.1) is 33.9 Å². The van der Waals surface area contributed by atoms with Gasteiger partial charge in [0.25, 0.3) is 0 Å². The molecule has 0 aliphatic rings. The molecule has 0 saturated carbocycles. The first kappa shape index (κ1) is 18.2. The highest BCUT2D eigenvalue weighted by Gasteiger charge is 2.25. The monoisotopic (exact) mass is 422 g/mol. The molecule has 0 saturated heterocycles. The van der Waals surface area contributed by atoms with Crippen LogP contribution in [-0.4, -0.2) is 4.40 Å². The molecule has 0 atom stereocenters. The van der Waals surface area contributed by atoms with Gasteiger partial charge in [0.1, 0.15) is 7.05 Å². The molecule has 0 unspecified atom stereocenters. The number of para-hydroxylation sites is 1. The lowest BCUT2D eigenvalue weighted by atomic mass is 9.96. The van der Waals surface area contributed by atoms with Gasteiger partial charge in [0.15, 0.2) is 6.20 Å². The molecule has 3 nitrogen and oxygen atoms in total. The fourth-order valence-corrected chi connectivity index (χ4v) is 5.62. The highest BCUT2D eigenvalue weighted by atomic mass is 15.0. The molecule has 154 valence electrons. The summed E-state index contributed by atoms with van der Waals surface area (Å²) in [6.45, 7) is 10.1. The number of rotatable bonds is 1. The van der Waals surface area contributed by atoms with Crippen LogP contribution < -0.4 is 4.57 Å². The van der Waals surface area contributed by atoms with Gasteiger partial charge in [-0.05, 0) is 46.5 Å². The molecule has 4 aromatic carbocycles. The standard InChI is InChI=1S/C30H20N3/c1-18-12-13-23-22-10-7-11-24(31-2)28(22)33-25-17-21(19-8-5-4-6-9-19)16-20-14-15-32(3)30(27(20)25)26(18)29(23)33/h4-17H,1,3H3/q+1. The van der Waals surface area contributed by atoms with Crippen molar-refractivity contribution in [2.45, 2.75) is 6.92 Å². The predicted molar refractivity (Wildman–Crippen MR) is 136 cm³/mol. The number of aromatic nitrogens is 2. The van der Waals surface area contributed by atoms with Crippen LogP contribution >= 0.6 is 0 Å². The maximum absolute atomic E-state index is 7.89. The van der Waals surface area contributed by atoms with E-state index >= 15 is 0 Å². The molecule has 7 aromatic rings. The van der Waals surface area contributed by atoms with Crippen molar-refractivity contribution in [2.75, 3.05) is 0 Å². The summed E-state index contributed by atoms with van der Waals surface area (Å²) in [5.41, 5.74) is 8.89. The minimum absolute atomic E-state index is 0.689. The molecule has 3 heteroatoms. The van der Waals surface area contributed by atoms with Gasteiger partial charge < -0.3 is 4.40 Å². The van der Waals surface area contributed by atoms with Gasteiger partial charge in [-0.15, -0.1) is 0 Å². The fourth-order valence-electron chi connectivity index (χ4n) is 5.62. The molecule has 0 amide bonds. The minimum Gasteiger partial charge on any atom is -0.317 e. The van der Waals surface area contributed by atoms with Gasteiger partial charge in [-0.1, -0.05) is 60.7 Å². The lowest BCUT2D eigenvalue weighted by molar-refractivity contribution is -0.643. The normalized spacial score (nSPS) is 11.9. The number of aryl methyl sites for hydroxylation is 2. The molecule has 3 heterocycles. The topological polar surface area (TPSA) is 12.6 Å². The third-order valence-electron chi connectivity index (χ3n) is 7.06. The Morgan fingerprint density at radius 3 is 2.42 bits per heavy atom. The van der Waals surface area contributed by atoms with E-state index in [1.54, 1.807) is 0 Å². The molecule has 0 spiro atoms. The first-order valence-electron chi connectivity index (χ1n) is 11.1. The summed E-state index contributed by atoms with van der Waals surface area (Å²) in [4.78, 5) is 3.92. The Hall–Kier alpha value is -4.42. The van der Waals surface area contributed by atoms with Crippen LogP contribution in [0.25, 0.3) is 65.0 Å². The first-order valence-corrected chi connectivity index (χ1v) is 11.1. The van der Waals surface area contributed by atoms with E-state index in [2.05, 4.69) is 101 Å². The summed E-state index contributed by atoms with van der Waals surface area (Å²) in [5, 5.41) is 6.04.